The summed E-state index contributed by atoms with van der Waals surface area (Å²) in [6.45, 7) is 2.30. The Hall–Kier alpha value is -2.48. The minimum absolute atomic E-state index is 0.111. The van der Waals surface area contributed by atoms with E-state index in [2.05, 4.69) is 10.3 Å². The maximum atomic E-state index is 12.0. The molecule has 1 amide bonds. The normalized spacial score (nSPS) is 10.3. The fourth-order valence-electron chi connectivity index (χ4n) is 1.81. The lowest BCUT2D eigenvalue weighted by Gasteiger charge is -2.07. The minimum Gasteiger partial charge on any atom is -0.393 e. The Kier molecular flexibility index (Phi) is 4.49. The number of anilines is 1. The van der Waals surface area contributed by atoms with Gasteiger partial charge in [0.15, 0.2) is 0 Å². The number of nitrogens with two attached hydrogens (primary N) is 1. The number of hydrogen-bond acceptors (Lipinski definition) is 6. The van der Waals surface area contributed by atoms with Crippen LogP contribution in [-0.4, -0.2) is 22.4 Å². The van der Waals surface area contributed by atoms with Crippen LogP contribution in [0.15, 0.2) is 23.6 Å². The molecule has 0 unspecified atom stereocenters. The van der Waals surface area contributed by atoms with Crippen LogP contribution in [0, 0.1) is 17.0 Å². The highest BCUT2D eigenvalue weighted by molar-refractivity contribution is 7.09. The predicted molar refractivity (Wildman–Crippen MR) is 80.4 cm³/mol. The Labute approximate surface area is 125 Å². The number of amides is 1. The highest BCUT2D eigenvalue weighted by Gasteiger charge is 2.18. The first-order valence-corrected chi connectivity index (χ1v) is 7.09. The molecule has 2 rings (SSSR count). The van der Waals surface area contributed by atoms with Crippen molar-refractivity contribution in [2.45, 2.75) is 13.3 Å². The highest BCUT2D eigenvalue weighted by atomic mass is 32.1. The number of nitrogens with one attached hydrogen (secondary N) is 1. The first kappa shape index (κ1) is 14.9. The molecule has 3 N–H and O–H groups in total. The number of rotatable bonds is 5. The smallest absolute Gasteiger partial charge is 0.292 e. The second-order valence-electron chi connectivity index (χ2n) is 4.38. The zero-order valence-electron chi connectivity index (χ0n) is 11.3. The lowest BCUT2D eigenvalue weighted by Crippen LogP contribution is -2.26. The van der Waals surface area contributed by atoms with E-state index < -0.39 is 10.8 Å². The first-order chi connectivity index (χ1) is 9.99. The van der Waals surface area contributed by atoms with E-state index in [1.165, 1.54) is 29.5 Å². The van der Waals surface area contributed by atoms with Gasteiger partial charge >= 0.3 is 0 Å². The molecule has 0 aliphatic heterocycles. The Morgan fingerprint density at radius 1 is 1.52 bits per heavy atom. The van der Waals surface area contributed by atoms with Gasteiger partial charge in [0, 0.05) is 30.1 Å². The lowest BCUT2D eigenvalue weighted by molar-refractivity contribution is -0.383. The second kappa shape index (κ2) is 6.31. The number of nitrogen functional groups attached to an aromatic ring is 1. The van der Waals surface area contributed by atoms with Crippen molar-refractivity contribution in [3.63, 3.8) is 0 Å². The van der Waals surface area contributed by atoms with Gasteiger partial charge in [-0.2, -0.15) is 0 Å². The summed E-state index contributed by atoms with van der Waals surface area (Å²) >= 11 is 1.53. The van der Waals surface area contributed by atoms with E-state index in [0.29, 0.717) is 13.0 Å². The van der Waals surface area contributed by atoms with Crippen LogP contribution in [0.4, 0.5) is 11.4 Å². The molecule has 2 aromatic rings. The fraction of sp³-hybridized carbons (Fsp3) is 0.231. The molecular weight excluding hydrogens is 292 g/mol. The van der Waals surface area contributed by atoms with Crippen molar-refractivity contribution in [2.24, 2.45) is 0 Å². The van der Waals surface area contributed by atoms with Gasteiger partial charge in [-0.3, -0.25) is 14.9 Å². The molecule has 0 bridgehead atoms. The number of nitrogens with zero attached hydrogens (tertiary/aromatic N) is 2. The molecule has 110 valence electrons. The maximum Gasteiger partial charge on any atom is 0.292 e. The van der Waals surface area contributed by atoms with Crippen molar-refractivity contribution in [1.29, 1.82) is 0 Å². The zero-order chi connectivity index (χ0) is 15.4. The molecule has 8 heteroatoms. The molecule has 21 heavy (non-hydrogen) atoms. The fourth-order valence-corrected chi connectivity index (χ4v) is 2.58. The minimum atomic E-state index is -0.607. The molecule has 0 spiro atoms. The van der Waals surface area contributed by atoms with Gasteiger partial charge < -0.3 is 11.1 Å². The number of para-hydroxylation sites is 1. The van der Waals surface area contributed by atoms with E-state index in [0.717, 1.165) is 10.7 Å². The molecule has 0 radical (unpaired) electrons. The number of nitro benzene ring substituents is 1. The molecule has 0 saturated heterocycles. The molecule has 0 saturated carbocycles. The molecule has 0 aliphatic rings. The third-order valence-corrected chi connectivity index (χ3v) is 3.84. The van der Waals surface area contributed by atoms with Gasteiger partial charge in [-0.05, 0) is 13.0 Å². The average molecular weight is 306 g/mol. The summed E-state index contributed by atoms with van der Waals surface area (Å²) in [5.41, 5.74) is 6.33. The third-order valence-electron chi connectivity index (χ3n) is 2.82. The van der Waals surface area contributed by atoms with Crippen LogP contribution in [0.5, 0.6) is 0 Å². The van der Waals surface area contributed by atoms with Crippen LogP contribution in [0.25, 0.3) is 0 Å². The van der Waals surface area contributed by atoms with E-state index in [-0.39, 0.29) is 16.9 Å². The van der Waals surface area contributed by atoms with Crippen molar-refractivity contribution < 1.29 is 9.72 Å². The molecule has 0 fully saturated rings. The monoisotopic (exact) mass is 306 g/mol. The molecule has 1 aromatic carbocycles. The second-order valence-corrected chi connectivity index (χ2v) is 5.33. The number of carbonyl (C=O) groups excluding carboxylic acids is 1. The summed E-state index contributed by atoms with van der Waals surface area (Å²) in [6, 6.07) is 4.17. The van der Waals surface area contributed by atoms with Crippen molar-refractivity contribution in [2.75, 3.05) is 12.3 Å². The number of nitro groups is 1. The third kappa shape index (κ3) is 3.54. The van der Waals surface area contributed by atoms with Crippen molar-refractivity contribution >= 4 is 28.6 Å². The summed E-state index contributed by atoms with van der Waals surface area (Å²) in [6.07, 6.45) is 0.610. The number of carbonyl (C=O) groups is 1. The summed E-state index contributed by atoms with van der Waals surface area (Å²) in [4.78, 5) is 26.5. The van der Waals surface area contributed by atoms with Gasteiger partial charge in [-0.25, -0.2) is 4.98 Å². The molecule has 7 nitrogen and oxygen atoms in total. The van der Waals surface area contributed by atoms with Crippen molar-refractivity contribution in [1.82, 2.24) is 10.3 Å². The molecule has 1 aromatic heterocycles. The lowest BCUT2D eigenvalue weighted by atomic mass is 10.1. The van der Waals surface area contributed by atoms with Gasteiger partial charge in [0.05, 0.1) is 15.5 Å². The standard InChI is InChI=1S/C13H14N4O3S/c1-8-7-21-11(16-8)5-6-15-13(18)9-3-2-4-10(12(9)14)17(19)20/h2-4,7H,5-6,14H2,1H3,(H,15,18). The number of benzene rings is 1. The summed E-state index contributed by atoms with van der Waals surface area (Å²) < 4.78 is 0. The van der Waals surface area contributed by atoms with E-state index in [1.54, 1.807) is 0 Å². The SMILES string of the molecule is Cc1csc(CCNC(=O)c2cccc([N+](=O)[O-])c2N)n1. The highest BCUT2D eigenvalue weighted by Crippen LogP contribution is 2.24. The van der Waals surface area contributed by atoms with Gasteiger partial charge in [-0.1, -0.05) is 6.07 Å². The topological polar surface area (TPSA) is 111 Å². The number of hydrogen-bond donors (Lipinski definition) is 2. The zero-order valence-corrected chi connectivity index (χ0v) is 12.1. The maximum absolute atomic E-state index is 12.0. The molecule has 1 heterocycles. The predicted octanol–water partition coefficient (Wildman–Crippen LogP) is 1.91. The van der Waals surface area contributed by atoms with Gasteiger partial charge in [0.25, 0.3) is 11.6 Å². The van der Waals surface area contributed by atoms with E-state index in [1.807, 2.05) is 12.3 Å². The molecular formula is C13H14N4O3S. The van der Waals surface area contributed by atoms with Crippen molar-refractivity contribution in [3.8, 4) is 0 Å². The Bertz CT molecular complexity index is 684. The van der Waals surface area contributed by atoms with Crippen LogP contribution in [0.2, 0.25) is 0 Å². The summed E-state index contributed by atoms with van der Waals surface area (Å²) in [5, 5.41) is 16.3. The number of thiazole rings is 1. The van der Waals surface area contributed by atoms with E-state index in [9.17, 15) is 14.9 Å². The largest absolute Gasteiger partial charge is 0.393 e. The number of aryl methyl sites for hydroxylation is 1. The van der Waals surface area contributed by atoms with Gasteiger partial charge in [-0.15, -0.1) is 11.3 Å². The Morgan fingerprint density at radius 3 is 2.90 bits per heavy atom. The van der Waals surface area contributed by atoms with Crippen molar-refractivity contribution in [3.05, 3.63) is 50.0 Å². The van der Waals surface area contributed by atoms with Crippen LogP contribution in [0.3, 0.4) is 0 Å². The Morgan fingerprint density at radius 2 is 2.29 bits per heavy atom. The summed E-state index contributed by atoms with van der Waals surface area (Å²) in [5.74, 6) is -0.426. The summed E-state index contributed by atoms with van der Waals surface area (Å²) in [7, 11) is 0. The first-order valence-electron chi connectivity index (χ1n) is 6.21. The molecule has 0 atom stereocenters. The van der Waals surface area contributed by atoms with Crippen LogP contribution in [-0.2, 0) is 6.42 Å². The van der Waals surface area contributed by atoms with Crippen LogP contribution < -0.4 is 11.1 Å². The quantitative estimate of drug-likeness (QED) is 0.498. The van der Waals surface area contributed by atoms with Crippen LogP contribution >= 0.6 is 11.3 Å². The van der Waals surface area contributed by atoms with Crippen LogP contribution in [0.1, 0.15) is 21.1 Å². The van der Waals surface area contributed by atoms with E-state index >= 15 is 0 Å². The van der Waals surface area contributed by atoms with Gasteiger partial charge in [0.2, 0.25) is 0 Å². The molecule has 0 aliphatic carbocycles. The van der Waals surface area contributed by atoms with Gasteiger partial charge in [0.1, 0.15) is 5.69 Å². The Balaban J connectivity index is 2.00. The average Bonchev–Trinajstić information content (AvgIpc) is 2.84. The number of aromatic nitrogens is 1. The van der Waals surface area contributed by atoms with E-state index in [4.69, 9.17) is 5.73 Å².